The number of allylic oxidation sites excluding steroid dienone is 2. The predicted molar refractivity (Wildman–Crippen MR) is 199 cm³/mol. The zero-order chi connectivity index (χ0) is 40.5. The summed E-state index contributed by atoms with van der Waals surface area (Å²) in [7, 11) is -4.02. The fraction of sp³-hybridized carbons (Fsp3) is 0.625. The number of carbonyl (C=O) groups is 4. The van der Waals surface area contributed by atoms with E-state index in [2.05, 4.69) is 10.0 Å². The van der Waals surface area contributed by atoms with E-state index in [1.807, 2.05) is 43.3 Å². The second-order valence-electron chi connectivity index (χ2n) is 17.1. The first kappa shape index (κ1) is 40.0. The number of aromatic nitrogens is 1. The summed E-state index contributed by atoms with van der Waals surface area (Å²) in [6.45, 7) is 4.73. The quantitative estimate of drug-likeness (QED) is 0.339. The lowest BCUT2D eigenvalue weighted by Crippen LogP contribution is -2.54. The average Bonchev–Trinajstić information content (AvgIpc) is 4.01. The number of nitrogens with one attached hydrogen (secondary N) is 2. The van der Waals surface area contributed by atoms with E-state index in [0.717, 1.165) is 16.5 Å². The van der Waals surface area contributed by atoms with E-state index >= 15 is 0 Å². The van der Waals surface area contributed by atoms with E-state index in [1.54, 1.807) is 6.92 Å². The summed E-state index contributed by atoms with van der Waals surface area (Å²) in [4.78, 5) is 62.4. The first-order valence-corrected chi connectivity index (χ1v) is 20.9. The molecule has 1 aromatic heterocycles. The number of rotatable bonds is 5. The third-order valence-corrected chi connectivity index (χ3v) is 14.7. The van der Waals surface area contributed by atoms with Gasteiger partial charge in [-0.3, -0.25) is 19.1 Å². The molecule has 0 unspecified atom stereocenters. The Kier molecular flexibility index (Phi) is 10.0. The predicted octanol–water partition coefficient (Wildman–Crippen LogP) is 6.13. The molecule has 16 heteroatoms. The monoisotopic (exact) mass is 802 g/mol. The van der Waals surface area contributed by atoms with Gasteiger partial charge in [-0.25, -0.2) is 18.2 Å². The molecule has 56 heavy (non-hydrogen) atoms. The van der Waals surface area contributed by atoms with Crippen molar-refractivity contribution in [1.82, 2.24) is 19.9 Å². The number of para-hydroxylation sites is 1. The molecule has 2 saturated carbocycles. The van der Waals surface area contributed by atoms with E-state index in [1.165, 1.54) is 4.90 Å². The summed E-state index contributed by atoms with van der Waals surface area (Å²) < 4.78 is 80.2. The SMILES string of the molecule is Cc1nc2ccccc2c2c1O[C@]1(CC2)C[C@H]2C(=O)C[C@]3(C(=O)NS(=O)(=O)C4(C)CC4)C[C@H]3/C=C\CCCCC[C@H](NC(=O)OC(C)(C)C(F)(F)F)C(=O)N2C1. The lowest BCUT2D eigenvalue weighted by atomic mass is 9.85. The molecule has 2 aliphatic carbocycles. The number of ketones is 1. The van der Waals surface area contributed by atoms with Crippen molar-refractivity contribution in [2.24, 2.45) is 11.3 Å². The van der Waals surface area contributed by atoms with Gasteiger partial charge in [0.25, 0.3) is 0 Å². The summed E-state index contributed by atoms with van der Waals surface area (Å²) in [6.07, 6.45) is 1.54. The number of hydrogen-bond acceptors (Lipinski definition) is 9. The molecule has 1 aromatic carbocycles. The van der Waals surface area contributed by atoms with Gasteiger partial charge in [0, 0.05) is 23.8 Å². The highest BCUT2D eigenvalue weighted by Crippen LogP contribution is 2.58. The van der Waals surface area contributed by atoms with Crippen LogP contribution in [0, 0.1) is 18.3 Å². The molecule has 5 aliphatic rings. The third kappa shape index (κ3) is 7.37. The van der Waals surface area contributed by atoms with Crippen molar-refractivity contribution in [2.75, 3.05) is 6.54 Å². The van der Waals surface area contributed by atoms with E-state index in [0.29, 0.717) is 76.7 Å². The van der Waals surface area contributed by atoms with Gasteiger partial charge in [-0.1, -0.05) is 43.2 Å². The number of ether oxygens (including phenoxy) is 2. The number of alkyl halides is 3. The lowest BCUT2D eigenvalue weighted by Gasteiger charge is -2.37. The Bertz CT molecular complexity index is 2100. The molecule has 5 atom stereocenters. The summed E-state index contributed by atoms with van der Waals surface area (Å²) >= 11 is 0. The topological polar surface area (TPSA) is 161 Å². The van der Waals surface area contributed by atoms with Crippen molar-refractivity contribution in [1.29, 1.82) is 0 Å². The van der Waals surface area contributed by atoms with Crippen molar-refractivity contribution < 1.29 is 50.2 Å². The first-order valence-electron chi connectivity index (χ1n) is 19.4. The highest BCUT2D eigenvalue weighted by atomic mass is 32.2. The number of alkyl carbamates (subject to hydrolysis) is 1. The van der Waals surface area contributed by atoms with Gasteiger partial charge in [-0.2, -0.15) is 13.2 Å². The average molecular weight is 803 g/mol. The Labute approximate surface area is 324 Å². The lowest BCUT2D eigenvalue weighted by molar-refractivity contribution is -0.244. The molecule has 304 valence electrons. The number of fused-ring (bicyclic) bond motifs is 5. The zero-order valence-electron chi connectivity index (χ0n) is 32.1. The van der Waals surface area contributed by atoms with Gasteiger partial charge in [0.05, 0.1) is 34.0 Å². The van der Waals surface area contributed by atoms with Crippen LogP contribution in [0.5, 0.6) is 5.75 Å². The van der Waals surface area contributed by atoms with Gasteiger partial charge < -0.3 is 19.7 Å². The Morgan fingerprint density at radius 1 is 1.05 bits per heavy atom. The number of pyridine rings is 1. The fourth-order valence-electron chi connectivity index (χ4n) is 8.44. The fourth-order valence-corrected chi connectivity index (χ4v) is 9.78. The molecule has 1 spiro atoms. The Morgan fingerprint density at radius 3 is 2.50 bits per heavy atom. The maximum Gasteiger partial charge on any atom is 0.427 e. The number of sulfonamides is 1. The second-order valence-corrected chi connectivity index (χ2v) is 19.3. The largest absolute Gasteiger partial charge is 0.483 e. The minimum Gasteiger partial charge on any atom is -0.483 e. The van der Waals surface area contributed by atoms with Crippen molar-refractivity contribution in [3.63, 3.8) is 0 Å². The summed E-state index contributed by atoms with van der Waals surface area (Å²) in [6, 6.07) is 5.18. The number of carbonyl (C=O) groups excluding carboxylic acids is 4. The van der Waals surface area contributed by atoms with E-state index in [9.17, 15) is 40.8 Å². The van der Waals surface area contributed by atoms with Gasteiger partial charge >= 0.3 is 12.3 Å². The van der Waals surface area contributed by atoms with Gasteiger partial charge in [0.2, 0.25) is 27.4 Å². The molecule has 2 aromatic rings. The van der Waals surface area contributed by atoms with Crippen molar-refractivity contribution in [3.05, 3.63) is 47.7 Å². The molecule has 3 amide bonds. The highest BCUT2D eigenvalue weighted by molar-refractivity contribution is 7.91. The smallest absolute Gasteiger partial charge is 0.427 e. The van der Waals surface area contributed by atoms with E-state index < -0.39 is 79.3 Å². The molecule has 7 rings (SSSR count). The van der Waals surface area contributed by atoms with E-state index in [4.69, 9.17) is 14.5 Å². The normalized spacial score (nSPS) is 29.8. The van der Waals surface area contributed by atoms with Crippen LogP contribution in [0.3, 0.4) is 0 Å². The molecule has 0 bridgehead atoms. The number of hydrogen-bond donors (Lipinski definition) is 2. The number of amides is 3. The highest BCUT2D eigenvalue weighted by Gasteiger charge is 2.63. The van der Waals surface area contributed by atoms with Gasteiger partial charge in [-0.15, -0.1) is 0 Å². The van der Waals surface area contributed by atoms with Crippen molar-refractivity contribution in [3.8, 4) is 5.75 Å². The molecule has 0 radical (unpaired) electrons. The van der Waals surface area contributed by atoms with Crippen molar-refractivity contribution >= 4 is 44.6 Å². The van der Waals surface area contributed by atoms with Crippen LogP contribution in [0.2, 0.25) is 0 Å². The number of benzene rings is 1. The standard InChI is InChI=1S/C40H49F3N4O8S/c1-24-32-27(26-13-10-11-14-28(26)44-24)16-17-38(54-32)21-30-31(48)22-39(34(50)46-56(52,53)37(4)18-19-37)20-25(39)12-8-6-5-7-9-15-29(33(49)47(30)23-38)45-35(51)55-36(2,3)40(41,42)43/h8,10-14,25,29-30H,5-7,9,15-23H2,1-4H3,(H,45,51)(H,46,50)/b12-8-/t25-,29+,30+,38-,39-/m1/s1. The summed E-state index contributed by atoms with van der Waals surface area (Å²) in [5.74, 6) is -1.78. The Balaban J connectivity index is 1.23. The maximum absolute atomic E-state index is 14.7. The Hall–Kier alpha value is -4.21. The summed E-state index contributed by atoms with van der Waals surface area (Å²) in [5, 5.41) is 3.30. The molecule has 12 nitrogen and oxygen atoms in total. The van der Waals surface area contributed by atoms with E-state index in [-0.39, 0.29) is 32.2 Å². The molecule has 3 fully saturated rings. The van der Waals surface area contributed by atoms with Gasteiger partial charge in [0.1, 0.15) is 17.4 Å². The van der Waals surface area contributed by atoms with Crippen LogP contribution in [0.15, 0.2) is 36.4 Å². The maximum atomic E-state index is 14.7. The molecular weight excluding hydrogens is 754 g/mol. The molecule has 2 N–H and O–H groups in total. The van der Waals surface area contributed by atoms with Crippen LogP contribution >= 0.6 is 0 Å². The summed E-state index contributed by atoms with van der Waals surface area (Å²) in [5.41, 5.74) is -2.90. The zero-order valence-corrected chi connectivity index (χ0v) is 32.9. The van der Waals surface area contributed by atoms with Gasteiger partial charge in [-0.05, 0) is 91.0 Å². The van der Waals surface area contributed by atoms with Crippen LogP contribution < -0.4 is 14.8 Å². The third-order valence-electron chi connectivity index (χ3n) is 12.6. The van der Waals surface area contributed by atoms with Crippen LogP contribution in [0.4, 0.5) is 18.0 Å². The molecule has 1 saturated heterocycles. The number of halogens is 3. The van der Waals surface area contributed by atoms with Crippen LogP contribution in [-0.4, -0.2) is 82.7 Å². The molecular formula is C40H49F3N4O8S. The minimum atomic E-state index is -4.88. The number of nitrogens with zero attached hydrogens (tertiary/aromatic N) is 2. The number of Topliss-reactive ketones (excluding diaryl/α,β-unsaturated/α-hetero) is 1. The number of aryl methyl sites for hydroxylation is 2. The molecule has 3 aliphatic heterocycles. The van der Waals surface area contributed by atoms with Crippen LogP contribution in [0.1, 0.15) is 103 Å². The molecule has 4 heterocycles. The van der Waals surface area contributed by atoms with Crippen LogP contribution in [0.25, 0.3) is 10.9 Å². The van der Waals surface area contributed by atoms with Gasteiger partial charge in [0.15, 0.2) is 5.78 Å². The minimum absolute atomic E-state index is 0.0378. The first-order chi connectivity index (χ1) is 26.2. The van der Waals surface area contributed by atoms with Crippen molar-refractivity contribution in [2.45, 2.75) is 139 Å². The second kappa shape index (κ2) is 14.0. The Morgan fingerprint density at radius 2 is 1.79 bits per heavy atom. The van der Waals surface area contributed by atoms with Crippen LogP contribution in [-0.2, 0) is 35.6 Å².